The smallest absolute Gasteiger partial charge is 0.247 e. The van der Waals surface area contributed by atoms with Crippen LogP contribution in [0.15, 0.2) is 22.9 Å². The SMILES string of the molecule is Cc1ccnc(-c2noc(C3(N)CCCCC3)n2)c1. The molecule has 0 aliphatic heterocycles. The molecule has 0 atom stereocenters. The molecule has 19 heavy (non-hydrogen) atoms. The number of rotatable bonds is 2. The van der Waals surface area contributed by atoms with Crippen LogP contribution in [0.25, 0.3) is 11.5 Å². The molecule has 1 saturated carbocycles. The Hall–Kier alpha value is -1.75. The van der Waals surface area contributed by atoms with Gasteiger partial charge >= 0.3 is 0 Å². The Bertz CT molecular complexity index is 572. The summed E-state index contributed by atoms with van der Waals surface area (Å²) in [5.74, 6) is 1.07. The van der Waals surface area contributed by atoms with Crippen molar-refractivity contribution in [2.75, 3.05) is 0 Å². The van der Waals surface area contributed by atoms with Crippen molar-refractivity contribution in [2.24, 2.45) is 5.73 Å². The molecule has 2 aromatic heterocycles. The molecule has 0 aromatic carbocycles. The molecular formula is C14H18N4O. The second kappa shape index (κ2) is 4.74. The number of pyridine rings is 1. The molecule has 3 rings (SSSR count). The summed E-state index contributed by atoms with van der Waals surface area (Å²) < 4.78 is 5.38. The summed E-state index contributed by atoms with van der Waals surface area (Å²) >= 11 is 0. The van der Waals surface area contributed by atoms with Gasteiger partial charge in [-0.1, -0.05) is 24.4 Å². The first-order valence-corrected chi connectivity index (χ1v) is 6.73. The van der Waals surface area contributed by atoms with E-state index in [-0.39, 0.29) is 0 Å². The summed E-state index contributed by atoms with van der Waals surface area (Å²) in [4.78, 5) is 8.72. The molecule has 2 heterocycles. The van der Waals surface area contributed by atoms with Gasteiger partial charge in [-0.3, -0.25) is 4.98 Å². The molecule has 1 fully saturated rings. The molecule has 2 N–H and O–H groups in total. The highest BCUT2D eigenvalue weighted by atomic mass is 16.5. The summed E-state index contributed by atoms with van der Waals surface area (Å²) in [6.45, 7) is 2.01. The van der Waals surface area contributed by atoms with E-state index in [0.29, 0.717) is 11.7 Å². The van der Waals surface area contributed by atoms with Crippen molar-refractivity contribution in [3.63, 3.8) is 0 Å². The molecule has 0 bridgehead atoms. The van der Waals surface area contributed by atoms with Crippen LogP contribution in [0, 0.1) is 6.92 Å². The van der Waals surface area contributed by atoms with Gasteiger partial charge in [0.2, 0.25) is 11.7 Å². The maximum Gasteiger partial charge on any atom is 0.247 e. The van der Waals surface area contributed by atoms with E-state index in [4.69, 9.17) is 10.3 Å². The van der Waals surface area contributed by atoms with Crippen molar-refractivity contribution in [2.45, 2.75) is 44.6 Å². The Morgan fingerprint density at radius 2 is 2.05 bits per heavy atom. The van der Waals surface area contributed by atoms with Crippen molar-refractivity contribution in [3.8, 4) is 11.5 Å². The van der Waals surface area contributed by atoms with E-state index >= 15 is 0 Å². The van der Waals surface area contributed by atoms with Crippen LogP contribution in [-0.2, 0) is 5.54 Å². The zero-order valence-electron chi connectivity index (χ0n) is 11.1. The van der Waals surface area contributed by atoms with Crippen LogP contribution in [0.2, 0.25) is 0 Å². The van der Waals surface area contributed by atoms with Crippen molar-refractivity contribution in [1.82, 2.24) is 15.1 Å². The first-order chi connectivity index (χ1) is 9.17. The zero-order valence-corrected chi connectivity index (χ0v) is 11.1. The maximum atomic E-state index is 6.39. The van der Waals surface area contributed by atoms with Gasteiger partial charge in [0.05, 0.1) is 5.54 Å². The van der Waals surface area contributed by atoms with Crippen LogP contribution in [0.3, 0.4) is 0 Å². The fraction of sp³-hybridized carbons (Fsp3) is 0.500. The predicted molar refractivity (Wildman–Crippen MR) is 71.2 cm³/mol. The van der Waals surface area contributed by atoms with Gasteiger partial charge in [-0.2, -0.15) is 4.98 Å². The number of nitrogens with zero attached hydrogens (tertiary/aromatic N) is 3. The minimum absolute atomic E-state index is 0.451. The van der Waals surface area contributed by atoms with Crippen molar-refractivity contribution >= 4 is 0 Å². The van der Waals surface area contributed by atoms with Gasteiger partial charge in [0.15, 0.2) is 0 Å². The minimum atomic E-state index is -0.451. The Kier molecular flexibility index (Phi) is 3.06. The van der Waals surface area contributed by atoms with Crippen LogP contribution in [0.1, 0.15) is 43.6 Å². The Balaban J connectivity index is 1.91. The molecule has 0 saturated heterocycles. The highest BCUT2D eigenvalue weighted by Gasteiger charge is 2.35. The summed E-state index contributed by atoms with van der Waals surface area (Å²) in [7, 11) is 0. The van der Waals surface area contributed by atoms with Gasteiger partial charge in [-0.25, -0.2) is 0 Å². The number of aromatic nitrogens is 3. The lowest BCUT2D eigenvalue weighted by Crippen LogP contribution is -2.38. The van der Waals surface area contributed by atoms with E-state index in [0.717, 1.165) is 36.9 Å². The molecule has 2 aromatic rings. The van der Waals surface area contributed by atoms with E-state index in [9.17, 15) is 0 Å². The Labute approximate surface area is 112 Å². The quantitative estimate of drug-likeness (QED) is 0.895. The summed E-state index contributed by atoms with van der Waals surface area (Å²) in [5, 5.41) is 4.02. The molecule has 0 unspecified atom stereocenters. The topological polar surface area (TPSA) is 77.8 Å². The van der Waals surface area contributed by atoms with E-state index in [1.54, 1.807) is 6.20 Å². The van der Waals surface area contributed by atoms with Gasteiger partial charge in [-0.15, -0.1) is 0 Å². The third-order valence-electron chi connectivity index (χ3n) is 3.74. The lowest BCUT2D eigenvalue weighted by Gasteiger charge is -2.29. The number of hydrogen-bond donors (Lipinski definition) is 1. The van der Waals surface area contributed by atoms with E-state index in [1.165, 1.54) is 6.42 Å². The Morgan fingerprint density at radius 1 is 1.26 bits per heavy atom. The fourth-order valence-electron chi connectivity index (χ4n) is 2.58. The fourth-order valence-corrected chi connectivity index (χ4v) is 2.58. The number of aryl methyl sites for hydroxylation is 1. The van der Waals surface area contributed by atoms with Gasteiger partial charge < -0.3 is 10.3 Å². The van der Waals surface area contributed by atoms with Crippen LogP contribution < -0.4 is 5.73 Å². The number of nitrogens with two attached hydrogens (primary N) is 1. The minimum Gasteiger partial charge on any atom is -0.337 e. The van der Waals surface area contributed by atoms with Crippen molar-refractivity contribution < 1.29 is 4.52 Å². The lowest BCUT2D eigenvalue weighted by atomic mass is 9.82. The van der Waals surface area contributed by atoms with E-state index < -0.39 is 5.54 Å². The van der Waals surface area contributed by atoms with Crippen molar-refractivity contribution in [1.29, 1.82) is 0 Å². The summed E-state index contributed by atoms with van der Waals surface area (Å²) in [5.41, 5.74) is 7.79. The first-order valence-electron chi connectivity index (χ1n) is 6.73. The van der Waals surface area contributed by atoms with Gasteiger partial charge in [0, 0.05) is 6.20 Å². The highest BCUT2D eigenvalue weighted by molar-refractivity contribution is 5.49. The number of hydrogen-bond acceptors (Lipinski definition) is 5. The molecular weight excluding hydrogens is 240 g/mol. The largest absolute Gasteiger partial charge is 0.337 e. The van der Waals surface area contributed by atoms with Crippen LogP contribution in [0.5, 0.6) is 0 Å². The van der Waals surface area contributed by atoms with Crippen molar-refractivity contribution in [3.05, 3.63) is 29.8 Å². The molecule has 0 spiro atoms. The van der Waals surface area contributed by atoms with Gasteiger partial charge in [0.1, 0.15) is 5.69 Å². The predicted octanol–water partition coefficient (Wildman–Crippen LogP) is 2.56. The maximum absolute atomic E-state index is 6.39. The monoisotopic (exact) mass is 258 g/mol. The van der Waals surface area contributed by atoms with Crippen LogP contribution in [-0.4, -0.2) is 15.1 Å². The molecule has 0 radical (unpaired) electrons. The molecule has 5 nitrogen and oxygen atoms in total. The second-order valence-electron chi connectivity index (χ2n) is 5.36. The average molecular weight is 258 g/mol. The molecule has 1 aliphatic rings. The standard InChI is InChI=1S/C14H18N4O/c1-10-5-8-16-11(9-10)12-17-13(19-18-12)14(15)6-3-2-4-7-14/h5,8-9H,2-4,6-7,15H2,1H3. The third-order valence-corrected chi connectivity index (χ3v) is 3.74. The Morgan fingerprint density at radius 3 is 2.79 bits per heavy atom. The van der Waals surface area contributed by atoms with Crippen LogP contribution >= 0.6 is 0 Å². The molecule has 100 valence electrons. The van der Waals surface area contributed by atoms with Gasteiger partial charge in [0.25, 0.3) is 0 Å². The zero-order chi connectivity index (χ0) is 13.3. The summed E-state index contributed by atoms with van der Waals surface area (Å²) in [6.07, 6.45) is 7.05. The molecule has 5 heteroatoms. The normalized spacial score (nSPS) is 18.4. The molecule has 1 aliphatic carbocycles. The van der Waals surface area contributed by atoms with Gasteiger partial charge in [-0.05, 0) is 37.5 Å². The van der Waals surface area contributed by atoms with Crippen LogP contribution in [0.4, 0.5) is 0 Å². The first kappa shape index (κ1) is 12.3. The van der Waals surface area contributed by atoms with E-state index in [2.05, 4.69) is 15.1 Å². The highest BCUT2D eigenvalue weighted by Crippen LogP contribution is 2.34. The molecule has 0 amide bonds. The summed E-state index contributed by atoms with van der Waals surface area (Å²) in [6, 6.07) is 3.88. The third kappa shape index (κ3) is 2.38. The second-order valence-corrected chi connectivity index (χ2v) is 5.36. The lowest BCUT2D eigenvalue weighted by molar-refractivity contribution is 0.220. The van der Waals surface area contributed by atoms with E-state index in [1.807, 2.05) is 19.1 Å². The average Bonchev–Trinajstić information content (AvgIpc) is 2.90.